The van der Waals surface area contributed by atoms with Crippen LogP contribution in [0.3, 0.4) is 0 Å². The molecule has 1 amide bonds. The normalized spacial score (nSPS) is 14.0. The minimum Gasteiger partial charge on any atom is -0.354 e. The largest absolute Gasteiger partial charge is 0.470 e. The molecule has 0 aliphatic carbocycles. The summed E-state index contributed by atoms with van der Waals surface area (Å²) < 4.78 is 14.3. The molecule has 6 nitrogen and oxygen atoms in total. The Kier molecular flexibility index (Phi) is 4.41. The van der Waals surface area contributed by atoms with Crippen LogP contribution in [0, 0.1) is 0 Å². The molecule has 0 fully saturated rings. The quantitative estimate of drug-likeness (QED) is 0.534. The monoisotopic (exact) mass is 197 g/mol. The number of nitrogens with one attached hydrogen (secondary N) is 1. The number of rotatable bonds is 4. The van der Waals surface area contributed by atoms with Crippen LogP contribution in [0.15, 0.2) is 0 Å². The summed E-state index contributed by atoms with van der Waals surface area (Å²) in [6.07, 6.45) is -1.13. The standard InChI is InChI=1S/C5H12NO5P/c1-3-6-5(7)4(2)11-12(8,9)10/h4H,3H2,1-2H3,(H,6,7)(H2,8,9,10). The third-order valence-electron chi connectivity index (χ3n) is 1.02. The Morgan fingerprint density at radius 2 is 2.17 bits per heavy atom. The van der Waals surface area contributed by atoms with E-state index in [2.05, 4.69) is 9.84 Å². The van der Waals surface area contributed by atoms with Gasteiger partial charge in [-0.05, 0) is 13.8 Å². The van der Waals surface area contributed by atoms with Crippen LogP contribution in [0.5, 0.6) is 0 Å². The van der Waals surface area contributed by atoms with Crippen molar-refractivity contribution in [2.45, 2.75) is 20.0 Å². The van der Waals surface area contributed by atoms with E-state index in [-0.39, 0.29) is 0 Å². The molecule has 12 heavy (non-hydrogen) atoms. The van der Waals surface area contributed by atoms with Gasteiger partial charge in [-0.15, -0.1) is 0 Å². The molecule has 0 aromatic rings. The Morgan fingerprint density at radius 1 is 1.67 bits per heavy atom. The van der Waals surface area contributed by atoms with Crippen molar-refractivity contribution in [2.75, 3.05) is 6.54 Å². The van der Waals surface area contributed by atoms with E-state index in [4.69, 9.17) is 9.79 Å². The molecule has 0 rings (SSSR count). The predicted molar refractivity (Wildman–Crippen MR) is 41.3 cm³/mol. The highest BCUT2D eigenvalue weighted by Gasteiger charge is 2.23. The summed E-state index contributed by atoms with van der Waals surface area (Å²) in [4.78, 5) is 27.5. The lowest BCUT2D eigenvalue weighted by Gasteiger charge is -2.12. The van der Waals surface area contributed by atoms with Crippen molar-refractivity contribution < 1.29 is 23.7 Å². The summed E-state index contributed by atoms with van der Waals surface area (Å²) in [5.41, 5.74) is 0. The molecular weight excluding hydrogens is 185 g/mol. The van der Waals surface area contributed by atoms with Gasteiger partial charge in [0.25, 0.3) is 0 Å². The average molecular weight is 197 g/mol. The third-order valence-corrected chi connectivity index (χ3v) is 1.61. The highest BCUT2D eigenvalue weighted by Crippen LogP contribution is 2.37. The fourth-order valence-electron chi connectivity index (χ4n) is 0.572. The van der Waals surface area contributed by atoms with Crippen molar-refractivity contribution >= 4 is 13.7 Å². The molecule has 0 saturated heterocycles. The number of phosphoric ester groups is 1. The molecule has 0 saturated carbocycles. The SMILES string of the molecule is CCNC(=O)C(C)OP(=O)(O)O. The van der Waals surface area contributed by atoms with Gasteiger partial charge in [-0.3, -0.25) is 9.32 Å². The lowest BCUT2D eigenvalue weighted by atomic mass is 10.4. The van der Waals surface area contributed by atoms with E-state index in [1.165, 1.54) is 6.92 Å². The van der Waals surface area contributed by atoms with Gasteiger partial charge in [-0.2, -0.15) is 0 Å². The maximum atomic E-state index is 10.8. The number of likely N-dealkylation sites (N-methyl/N-ethyl adjacent to an activating group) is 1. The molecule has 0 aromatic carbocycles. The van der Waals surface area contributed by atoms with E-state index in [9.17, 15) is 9.36 Å². The molecule has 0 spiro atoms. The summed E-state index contributed by atoms with van der Waals surface area (Å²) >= 11 is 0. The van der Waals surface area contributed by atoms with Crippen LogP contribution in [0.1, 0.15) is 13.8 Å². The van der Waals surface area contributed by atoms with E-state index in [0.29, 0.717) is 6.54 Å². The van der Waals surface area contributed by atoms with Gasteiger partial charge in [0.2, 0.25) is 5.91 Å². The van der Waals surface area contributed by atoms with Crippen LogP contribution >= 0.6 is 7.82 Å². The van der Waals surface area contributed by atoms with E-state index < -0.39 is 19.8 Å². The van der Waals surface area contributed by atoms with Crippen molar-refractivity contribution in [1.82, 2.24) is 5.32 Å². The van der Waals surface area contributed by atoms with Gasteiger partial charge < -0.3 is 15.1 Å². The minimum absolute atomic E-state index is 0.397. The number of hydrogen-bond donors (Lipinski definition) is 3. The summed E-state index contributed by atoms with van der Waals surface area (Å²) in [7, 11) is -4.56. The predicted octanol–water partition coefficient (Wildman–Crippen LogP) is -0.380. The summed E-state index contributed by atoms with van der Waals surface area (Å²) in [6, 6.07) is 0. The van der Waals surface area contributed by atoms with Crippen LogP contribution in [0.4, 0.5) is 0 Å². The fraction of sp³-hybridized carbons (Fsp3) is 0.800. The molecule has 0 bridgehead atoms. The second-order valence-electron chi connectivity index (χ2n) is 2.13. The van der Waals surface area contributed by atoms with Crippen LogP contribution in [0.2, 0.25) is 0 Å². The first kappa shape index (κ1) is 11.6. The molecule has 3 N–H and O–H groups in total. The second kappa shape index (κ2) is 4.57. The van der Waals surface area contributed by atoms with Crippen LogP contribution in [-0.4, -0.2) is 28.3 Å². The zero-order chi connectivity index (χ0) is 9.78. The first-order chi connectivity index (χ1) is 5.37. The van der Waals surface area contributed by atoms with Gasteiger partial charge in [0, 0.05) is 6.54 Å². The maximum Gasteiger partial charge on any atom is 0.470 e. The van der Waals surface area contributed by atoms with Crippen LogP contribution in [-0.2, 0) is 13.9 Å². The van der Waals surface area contributed by atoms with Gasteiger partial charge in [-0.25, -0.2) is 4.57 Å². The Morgan fingerprint density at radius 3 is 2.50 bits per heavy atom. The lowest BCUT2D eigenvalue weighted by Crippen LogP contribution is -2.33. The highest BCUT2D eigenvalue weighted by molar-refractivity contribution is 7.46. The number of carbonyl (C=O) groups excluding carboxylic acids is 1. The highest BCUT2D eigenvalue weighted by atomic mass is 31.2. The van der Waals surface area contributed by atoms with E-state index in [1.54, 1.807) is 6.92 Å². The number of carbonyl (C=O) groups is 1. The zero-order valence-electron chi connectivity index (χ0n) is 6.85. The van der Waals surface area contributed by atoms with E-state index in [0.717, 1.165) is 0 Å². The maximum absolute atomic E-state index is 10.8. The van der Waals surface area contributed by atoms with Crippen LogP contribution < -0.4 is 5.32 Å². The van der Waals surface area contributed by atoms with Gasteiger partial charge >= 0.3 is 7.82 Å². The Hall–Kier alpha value is -0.420. The molecule has 72 valence electrons. The molecule has 0 radical (unpaired) electrons. The Labute approximate surface area is 70.2 Å². The summed E-state index contributed by atoms with van der Waals surface area (Å²) in [6.45, 7) is 3.36. The Balaban J connectivity index is 3.96. The Bertz CT molecular complexity index is 200. The van der Waals surface area contributed by atoms with Crippen molar-refractivity contribution in [3.63, 3.8) is 0 Å². The minimum atomic E-state index is -4.56. The van der Waals surface area contributed by atoms with E-state index >= 15 is 0 Å². The number of phosphoric acid groups is 1. The molecule has 1 atom stereocenters. The second-order valence-corrected chi connectivity index (χ2v) is 3.32. The fourth-order valence-corrected chi connectivity index (χ4v) is 1.08. The van der Waals surface area contributed by atoms with Gasteiger partial charge in [-0.1, -0.05) is 0 Å². The van der Waals surface area contributed by atoms with E-state index in [1.807, 2.05) is 0 Å². The first-order valence-corrected chi connectivity index (χ1v) is 4.91. The number of amides is 1. The lowest BCUT2D eigenvalue weighted by molar-refractivity contribution is -0.127. The molecule has 0 aromatic heterocycles. The van der Waals surface area contributed by atoms with Gasteiger partial charge in [0.05, 0.1) is 0 Å². The molecule has 1 unspecified atom stereocenters. The summed E-state index contributed by atoms with van der Waals surface area (Å²) in [5.74, 6) is -0.541. The molecule has 7 heteroatoms. The average Bonchev–Trinajstić information content (AvgIpc) is 1.84. The summed E-state index contributed by atoms with van der Waals surface area (Å²) in [5, 5.41) is 2.36. The number of hydrogen-bond acceptors (Lipinski definition) is 3. The van der Waals surface area contributed by atoms with Gasteiger partial charge in [0.15, 0.2) is 0 Å². The third kappa shape index (κ3) is 5.26. The molecular formula is C5H12NO5P. The zero-order valence-corrected chi connectivity index (χ0v) is 7.75. The molecule has 0 aliphatic heterocycles. The topological polar surface area (TPSA) is 95.9 Å². The molecule has 0 heterocycles. The van der Waals surface area contributed by atoms with Gasteiger partial charge in [0.1, 0.15) is 6.10 Å². The smallest absolute Gasteiger partial charge is 0.354 e. The van der Waals surface area contributed by atoms with Crippen molar-refractivity contribution in [1.29, 1.82) is 0 Å². The van der Waals surface area contributed by atoms with Crippen molar-refractivity contribution in [2.24, 2.45) is 0 Å². The van der Waals surface area contributed by atoms with Crippen molar-refractivity contribution in [3.8, 4) is 0 Å². The first-order valence-electron chi connectivity index (χ1n) is 3.38. The van der Waals surface area contributed by atoms with Crippen molar-refractivity contribution in [3.05, 3.63) is 0 Å². The molecule has 0 aliphatic rings. The van der Waals surface area contributed by atoms with Crippen LogP contribution in [0.25, 0.3) is 0 Å².